The van der Waals surface area contributed by atoms with Crippen LogP contribution >= 0.6 is 11.3 Å². The van der Waals surface area contributed by atoms with Crippen LogP contribution in [-0.4, -0.2) is 33.5 Å². The van der Waals surface area contributed by atoms with Crippen molar-refractivity contribution in [2.24, 2.45) is 0 Å². The molecule has 3 heterocycles. The van der Waals surface area contributed by atoms with Gasteiger partial charge in [0.1, 0.15) is 10.8 Å². The van der Waals surface area contributed by atoms with Gasteiger partial charge in [-0.25, -0.2) is 4.98 Å². The molecule has 0 unspecified atom stereocenters. The van der Waals surface area contributed by atoms with Crippen molar-refractivity contribution in [2.75, 3.05) is 13.2 Å². The van der Waals surface area contributed by atoms with E-state index in [1.54, 1.807) is 11.3 Å². The molecular weight excluding hydrogens is 358 g/mol. The molecule has 4 rings (SSSR count). The molecule has 1 atom stereocenters. The number of thiazole rings is 1. The van der Waals surface area contributed by atoms with Crippen LogP contribution in [0.25, 0.3) is 10.6 Å². The summed E-state index contributed by atoms with van der Waals surface area (Å²) in [5.74, 6) is 0.996. The van der Waals surface area contributed by atoms with Gasteiger partial charge in [0.15, 0.2) is 0 Å². The average Bonchev–Trinajstić information content (AvgIpc) is 3.33. The molecule has 5 nitrogen and oxygen atoms in total. The summed E-state index contributed by atoms with van der Waals surface area (Å²) in [6.45, 7) is 6.32. The van der Waals surface area contributed by atoms with Gasteiger partial charge in [-0.3, -0.25) is 4.79 Å². The van der Waals surface area contributed by atoms with Crippen LogP contribution in [-0.2, 0) is 17.8 Å². The Morgan fingerprint density at radius 1 is 1.26 bits per heavy atom. The van der Waals surface area contributed by atoms with Crippen molar-refractivity contribution in [3.05, 3.63) is 59.4 Å². The summed E-state index contributed by atoms with van der Waals surface area (Å²) in [5.41, 5.74) is 3.08. The summed E-state index contributed by atoms with van der Waals surface area (Å²) in [5, 5.41) is 2.92. The minimum atomic E-state index is 0.102. The van der Waals surface area contributed by atoms with Crippen LogP contribution < -0.4 is 4.74 Å². The Kier molecular flexibility index (Phi) is 4.99. The predicted molar refractivity (Wildman–Crippen MR) is 107 cm³/mol. The van der Waals surface area contributed by atoms with Gasteiger partial charge in [-0.05, 0) is 50.2 Å². The van der Waals surface area contributed by atoms with E-state index in [1.165, 1.54) is 5.69 Å². The zero-order valence-electron chi connectivity index (χ0n) is 15.6. The number of amides is 1. The lowest BCUT2D eigenvalue weighted by Gasteiger charge is -2.34. The molecule has 0 aliphatic carbocycles. The summed E-state index contributed by atoms with van der Waals surface area (Å²) in [6.07, 6.45) is 2.43. The third kappa shape index (κ3) is 3.62. The first-order valence-electron chi connectivity index (χ1n) is 9.28. The Labute approximate surface area is 163 Å². The highest BCUT2D eigenvalue weighted by molar-refractivity contribution is 7.13. The molecule has 0 N–H and O–H groups in total. The standard InChI is InChI=1S/C21H23N3O2S/c1-3-26-18-8-6-16(7-9-18)21-22-17(14-27-21)13-20(25)24-12-11-23-10-4-5-19(23)15(24)2/h4-10,14-15H,3,11-13H2,1-2H3/t15-/m0/s1. The second-order valence-corrected chi connectivity index (χ2v) is 7.53. The topological polar surface area (TPSA) is 47.4 Å². The fourth-order valence-corrected chi connectivity index (χ4v) is 4.38. The number of carbonyl (C=O) groups is 1. The molecule has 6 heteroatoms. The highest BCUT2D eigenvalue weighted by Gasteiger charge is 2.27. The van der Waals surface area contributed by atoms with Crippen LogP contribution in [0.1, 0.15) is 31.3 Å². The van der Waals surface area contributed by atoms with Crippen molar-refractivity contribution in [2.45, 2.75) is 32.9 Å². The molecule has 1 aliphatic heterocycles. The van der Waals surface area contributed by atoms with Gasteiger partial charge in [0.25, 0.3) is 0 Å². The highest BCUT2D eigenvalue weighted by Crippen LogP contribution is 2.28. The molecule has 1 aliphatic rings. The van der Waals surface area contributed by atoms with E-state index in [1.807, 2.05) is 47.5 Å². The van der Waals surface area contributed by atoms with Crippen molar-refractivity contribution < 1.29 is 9.53 Å². The van der Waals surface area contributed by atoms with Crippen LogP contribution in [0.2, 0.25) is 0 Å². The van der Waals surface area contributed by atoms with Gasteiger partial charge in [-0.1, -0.05) is 0 Å². The lowest BCUT2D eigenvalue weighted by atomic mass is 10.1. The van der Waals surface area contributed by atoms with Crippen LogP contribution in [0.3, 0.4) is 0 Å². The molecule has 1 aromatic carbocycles. The molecule has 140 valence electrons. The second kappa shape index (κ2) is 7.56. The maximum atomic E-state index is 12.8. The van der Waals surface area contributed by atoms with E-state index in [4.69, 9.17) is 4.74 Å². The van der Waals surface area contributed by atoms with Gasteiger partial charge >= 0.3 is 0 Å². The number of carbonyl (C=O) groups excluding carboxylic acids is 1. The zero-order chi connectivity index (χ0) is 18.8. The average molecular weight is 382 g/mol. The van der Waals surface area contributed by atoms with E-state index in [0.717, 1.165) is 35.1 Å². The van der Waals surface area contributed by atoms with Gasteiger partial charge in [0, 0.05) is 35.9 Å². The number of benzene rings is 1. The first-order valence-corrected chi connectivity index (χ1v) is 10.2. The molecule has 3 aromatic rings. The van der Waals surface area contributed by atoms with E-state index < -0.39 is 0 Å². The van der Waals surface area contributed by atoms with Gasteiger partial charge in [-0.2, -0.15) is 0 Å². The maximum Gasteiger partial charge on any atom is 0.229 e. The second-order valence-electron chi connectivity index (χ2n) is 6.67. The first kappa shape index (κ1) is 17.8. The fraction of sp³-hybridized carbons (Fsp3) is 0.333. The van der Waals surface area contributed by atoms with Gasteiger partial charge < -0.3 is 14.2 Å². The Morgan fingerprint density at radius 2 is 2.07 bits per heavy atom. The number of ether oxygens (including phenoxy) is 1. The van der Waals surface area contributed by atoms with Gasteiger partial charge in [0.2, 0.25) is 5.91 Å². The summed E-state index contributed by atoms with van der Waals surface area (Å²) in [6, 6.07) is 12.2. The van der Waals surface area contributed by atoms with Crippen molar-refractivity contribution >= 4 is 17.2 Å². The SMILES string of the molecule is CCOc1ccc(-c2nc(CC(=O)N3CCn4cccc4[C@@H]3C)cs2)cc1. The predicted octanol–water partition coefficient (Wildman–Crippen LogP) is 4.16. The smallest absolute Gasteiger partial charge is 0.229 e. The van der Waals surface area contributed by atoms with Crippen LogP contribution in [0, 0.1) is 0 Å². The van der Waals surface area contributed by atoms with Gasteiger partial charge in [0.05, 0.1) is 24.8 Å². The largest absolute Gasteiger partial charge is 0.494 e. The number of hydrogen-bond acceptors (Lipinski definition) is 4. The van der Waals surface area contributed by atoms with Gasteiger partial charge in [-0.15, -0.1) is 11.3 Å². The van der Waals surface area contributed by atoms with E-state index in [2.05, 4.69) is 28.7 Å². The minimum absolute atomic E-state index is 0.102. The van der Waals surface area contributed by atoms with Crippen molar-refractivity contribution in [1.82, 2.24) is 14.5 Å². The molecule has 0 saturated heterocycles. The number of nitrogens with zero attached hydrogens (tertiary/aromatic N) is 3. The van der Waals surface area contributed by atoms with Crippen molar-refractivity contribution in [1.29, 1.82) is 0 Å². The Bertz CT molecular complexity index is 929. The molecule has 0 fully saturated rings. The Morgan fingerprint density at radius 3 is 2.85 bits per heavy atom. The van der Waals surface area contributed by atoms with Crippen LogP contribution in [0.4, 0.5) is 0 Å². The Hall–Kier alpha value is -2.60. The summed E-state index contributed by atoms with van der Waals surface area (Å²) in [7, 11) is 0. The summed E-state index contributed by atoms with van der Waals surface area (Å²) < 4.78 is 7.71. The monoisotopic (exact) mass is 381 g/mol. The third-order valence-corrected chi connectivity index (χ3v) is 5.90. The molecule has 27 heavy (non-hydrogen) atoms. The number of fused-ring (bicyclic) bond motifs is 1. The lowest BCUT2D eigenvalue weighted by molar-refractivity contribution is -0.133. The molecular formula is C21H23N3O2S. The third-order valence-electron chi connectivity index (χ3n) is 4.96. The van der Waals surface area contributed by atoms with Crippen molar-refractivity contribution in [3.63, 3.8) is 0 Å². The molecule has 1 amide bonds. The molecule has 0 saturated carbocycles. The number of aromatic nitrogens is 2. The lowest BCUT2D eigenvalue weighted by Crippen LogP contribution is -2.41. The van der Waals surface area contributed by atoms with E-state index in [9.17, 15) is 4.79 Å². The van der Waals surface area contributed by atoms with E-state index >= 15 is 0 Å². The normalized spacial score (nSPS) is 16.2. The summed E-state index contributed by atoms with van der Waals surface area (Å²) >= 11 is 1.57. The van der Waals surface area contributed by atoms with Crippen LogP contribution in [0.5, 0.6) is 5.75 Å². The highest BCUT2D eigenvalue weighted by atomic mass is 32.1. The number of rotatable bonds is 5. The fourth-order valence-electron chi connectivity index (χ4n) is 3.56. The Balaban J connectivity index is 1.44. The molecule has 0 radical (unpaired) electrons. The van der Waals surface area contributed by atoms with E-state index in [-0.39, 0.29) is 11.9 Å². The zero-order valence-corrected chi connectivity index (χ0v) is 16.4. The maximum absolute atomic E-state index is 12.8. The molecule has 2 aromatic heterocycles. The quantitative estimate of drug-likeness (QED) is 0.667. The molecule has 0 spiro atoms. The van der Waals surface area contributed by atoms with Crippen molar-refractivity contribution in [3.8, 4) is 16.3 Å². The van der Waals surface area contributed by atoms with E-state index in [0.29, 0.717) is 13.0 Å². The summed E-state index contributed by atoms with van der Waals surface area (Å²) in [4.78, 5) is 19.5. The minimum Gasteiger partial charge on any atom is -0.494 e. The molecule has 0 bridgehead atoms. The first-order chi connectivity index (χ1) is 13.2. The number of hydrogen-bond donors (Lipinski definition) is 0. The van der Waals surface area contributed by atoms with Crippen LogP contribution in [0.15, 0.2) is 48.0 Å².